The van der Waals surface area contributed by atoms with Gasteiger partial charge in [-0.25, -0.2) is 0 Å². The highest BCUT2D eigenvalue weighted by Crippen LogP contribution is 2.34. The molecule has 1 aromatic carbocycles. The SMILES string of the molecule is O=C(C1CCCO1)N1CCC(O)c2ccccc21. The van der Waals surface area contributed by atoms with Gasteiger partial charge in [-0.05, 0) is 25.3 Å². The van der Waals surface area contributed by atoms with Crippen LogP contribution in [0.3, 0.4) is 0 Å². The number of benzene rings is 1. The minimum atomic E-state index is -0.463. The number of hydrogen-bond donors (Lipinski definition) is 1. The Balaban J connectivity index is 1.89. The maximum Gasteiger partial charge on any atom is 0.256 e. The molecule has 1 saturated heterocycles. The van der Waals surface area contributed by atoms with Crippen LogP contribution in [0.1, 0.15) is 30.9 Å². The number of aliphatic hydroxyl groups is 1. The second-order valence-corrected chi connectivity index (χ2v) is 4.85. The number of ether oxygens (including phenoxy) is 1. The van der Waals surface area contributed by atoms with Gasteiger partial charge in [0.2, 0.25) is 0 Å². The molecule has 4 heteroatoms. The van der Waals surface area contributed by atoms with Crippen molar-refractivity contribution in [3.63, 3.8) is 0 Å². The first kappa shape index (κ1) is 11.7. The first-order chi connectivity index (χ1) is 8.77. The molecular formula is C14H17NO3. The van der Waals surface area contributed by atoms with E-state index in [4.69, 9.17) is 4.74 Å². The smallest absolute Gasteiger partial charge is 0.256 e. The first-order valence-corrected chi connectivity index (χ1v) is 6.47. The summed E-state index contributed by atoms with van der Waals surface area (Å²) in [6, 6.07) is 7.56. The molecule has 2 unspecified atom stereocenters. The number of amides is 1. The first-order valence-electron chi connectivity index (χ1n) is 6.47. The lowest BCUT2D eigenvalue weighted by Crippen LogP contribution is -2.42. The van der Waals surface area contributed by atoms with E-state index in [0.717, 1.165) is 24.1 Å². The van der Waals surface area contributed by atoms with Crippen molar-refractivity contribution in [3.05, 3.63) is 29.8 Å². The van der Waals surface area contributed by atoms with E-state index in [1.165, 1.54) is 0 Å². The van der Waals surface area contributed by atoms with E-state index in [1.807, 2.05) is 24.3 Å². The van der Waals surface area contributed by atoms with Crippen molar-refractivity contribution in [3.8, 4) is 0 Å². The molecule has 0 radical (unpaired) electrons. The van der Waals surface area contributed by atoms with Crippen molar-refractivity contribution in [1.29, 1.82) is 0 Å². The van der Waals surface area contributed by atoms with Crippen LogP contribution in [-0.2, 0) is 9.53 Å². The second kappa shape index (κ2) is 4.71. The zero-order chi connectivity index (χ0) is 12.5. The van der Waals surface area contributed by atoms with Crippen LogP contribution in [0, 0.1) is 0 Å². The molecule has 0 spiro atoms. The summed E-state index contributed by atoms with van der Waals surface area (Å²) in [4.78, 5) is 14.2. The summed E-state index contributed by atoms with van der Waals surface area (Å²) < 4.78 is 5.46. The van der Waals surface area contributed by atoms with Crippen LogP contribution in [0.2, 0.25) is 0 Å². The Morgan fingerprint density at radius 1 is 1.33 bits per heavy atom. The second-order valence-electron chi connectivity index (χ2n) is 4.85. The average Bonchev–Trinajstić information content (AvgIpc) is 2.93. The van der Waals surface area contributed by atoms with Gasteiger partial charge in [-0.1, -0.05) is 18.2 Å². The normalized spacial score (nSPS) is 27.1. The molecule has 1 N–H and O–H groups in total. The monoisotopic (exact) mass is 247 g/mol. The Hall–Kier alpha value is -1.39. The third kappa shape index (κ3) is 1.91. The molecule has 2 aliphatic heterocycles. The number of carbonyl (C=O) groups excluding carboxylic acids is 1. The number of aliphatic hydroxyl groups excluding tert-OH is 1. The average molecular weight is 247 g/mol. The van der Waals surface area contributed by atoms with Gasteiger partial charge in [0, 0.05) is 24.4 Å². The van der Waals surface area contributed by atoms with Crippen LogP contribution in [-0.4, -0.2) is 30.3 Å². The van der Waals surface area contributed by atoms with E-state index in [-0.39, 0.29) is 12.0 Å². The van der Waals surface area contributed by atoms with Gasteiger partial charge in [-0.3, -0.25) is 4.79 Å². The highest BCUT2D eigenvalue weighted by Gasteiger charge is 2.33. The molecule has 3 rings (SSSR count). The molecule has 1 aromatic rings. The standard InChI is InChI=1S/C14H17NO3/c16-12-7-8-15(11-5-2-1-4-10(11)12)14(17)13-6-3-9-18-13/h1-2,4-5,12-13,16H,3,6-9H2. The van der Waals surface area contributed by atoms with Crippen LogP contribution < -0.4 is 4.90 Å². The van der Waals surface area contributed by atoms with Crippen LogP contribution in [0.4, 0.5) is 5.69 Å². The summed E-state index contributed by atoms with van der Waals surface area (Å²) >= 11 is 0. The third-order valence-electron chi connectivity index (χ3n) is 3.68. The van der Waals surface area contributed by atoms with Crippen molar-refractivity contribution in [2.24, 2.45) is 0 Å². The molecule has 2 heterocycles. The van der Waals surface area contributed by atoms with Gasteiger partial charge >= 0.3 is 0 Å². The molecule has 0 bridgehead atoms. The fraction of sp³-hybridized carbons (Fsp3) is 0.500. The Labute approximate surface area is 106 Å². The molecule has 0 aromatic heterocycles. The van der Waals surface area contributed by atoms with Gasteiger partial charge in [0.25, 0.3) is 5.91 Å². The predicted octanol–water partition coefficient (Wildman–Crippen LogP) is 1.64. The van der Waals surface area contributed by atoms with Crippen molar-refractivity contribution in [1.82, 2.24) is 0 Å². The number of para-hydroxylation sites is 1. The molecule has 1 fully saturated rings. The van der Waals surface area contributed by atoms with Crippen molar-refractivity contribution < 1.29 is 14.6 Å². The highest BCUT2D eigenvalue weighted by molar-refractivity contribution is 5.97. The molecular weight excluding hydrogens is 230 g/mol. The lowest BCUT2D eigenvalue weighted by molar-refractivity contribution is -0.127. The Morgan fingerprint density at radius 3 is 2.94 bits per heavy atom. The summed E-state index contributed by atoms with van der Waals surface area (Å²) in [5.41, 5.74) is 1.67. The van der Waals surface area contributed by atoms with E-state index < -0.39 is 6.10 Å². The number of anilines is 1. The van der Waals surface area contributed by atoms with Crippen LogP contribution in [0.5, 0.6) is 0 Å². The maximum absolute atomic E-state index is 12.4. The zero-order valence-corrected chi connectivity index (χ0v) is 10.2. The topological polar surface area (TPSA) is 49.8 Å². The number of hydrogen-bond acceptors (Lipinski definition) is 3. The summed E-state index contributed by atoms with van der Waals surface area (Å²) in [5.74, 6) is 0.0341. The van der Waals surface area contributed by atoms with Crippen molar-refractivity contribution >= 4 is 11.6 Å². The van der Waals surface area contributed by atoms with Gasteiger partial charge in [0.15, 0.2) is 0 Å². The van der Waals surface area contributed by atoms with Crippen molar-refractivity contribution in [2.75, 3.05) is 18.1 Å². The Bertz CT molecular complexity index is 454. The van der Waals surface area contributed by atoms with Gasteiger partial charge in [-0.2, -0.15) is 0 Å². The summed E-state index contributed by atoms with van der Waals surface area (Å²) in [6.45, 7) is 1.24. The molecule has 0 saturated carbocycles. The van der Waals surface area contributed by atoms with E-state index in [9.17, 15) is 9.90 Å². The van der Waals surface area contributed by atoms with E-state index in [2.05, 4.69) is 0 Å². The maximum atomic E-state index is 12.4. The molecule has 18 heavy (non-hydrogen) atoms. The van der Waals surface area contributed by atoms with E-state index in [0.29, 0.717) is 19.6 Å². The molecule has 1 amide bonds. The van der Waals surface area contributed by atoms with Gasteiger partial charge in [0.05, 0.1) is 6.10 Å². The summed E-state index contributed by atoms with van der Waals surface area (Å²) in [5, 5.41) is 9.96. The third-order valence-corrected chi connectivity index (χ3v) is 3.68. The largest absolute Gasteiger partial charge is 0.388 e. The minimum Gasteiger partial charge on any atom is -0.388 e. The number of rotatable bonds is 1. The van der Waals surface area contributed by atoms with Crippen LogP contribution in [0.25, 0.3) is 0 Å². The fourth-order valence-corrected chi connectivity index (χ4v) is 2.72. The molecule has 96 valence electrons. The molecule has 2 aliphatic rings. The predicted molar refractivity (Wildman–Crippen MR) is 67.3 cm³/mol. The highest BCUT2D eigenvalue weighted by atomic mass is 16.5. The molecule has 0 aliphatic carbocycles. The minimum absolute atomic E-state index is 0.0341. The lowest BCUT2D eigenvalue weighted by atomic mass is 9.98. The number of nitrogens with zero attached hydrogens (tertiary/aromatic N) is 1. The van der Waals surface area contributed by atoms with E-state index >= 15 is 0 Å². The van der Waals surface area contributed by atoms with E-state index in [1.54, 1.807) is 4.90 Å². The van der Waals surface area contributed by atoms with Gasteiger partial charge in [0.1, 0.15) is 6.10 Å². The molecule has 4 nitrogen and oxygen atoms in total. The Morgan fingerprint density at radius 2 is 2.17 bits per heavy atom. The van der Waals surface area contributed by atoms with Crippen molar-refractivity contribution in [2.45, 2.75) is 31.5 Å². The summed E-state index contributed by atoms with van der Waals surface area (Å²) in [7, 11) is 0. The van der Waals surface area contributed by atoms with Gasteiger partial charge in [-0.15, -0.1) is 0 Å². The summed E-state index contributed by atoms with van der Waals surface area (Å²) in [6.07, 6.45) is 1.59. The molecule has 2 atom stereocenters. The number of fused-ring (bicyclic) bond motifs is 1. The fourth-order valence-electron chi connectivity index (χ4n) is 2.72. The van der Waals surface area contributed by atoms with Crippen LogP contribution in [0.15, 0.2) is 24.3 Å². The van der Waals surface area contributed by atoms with Gasteiger partial charge < -0.3 is 14.7 Å². The number of carbonyl (C=O) groups is 1. The quantitative estimate of drug-likeness (QED) is 0.820. The van der Waals surface area contributed by atoms with Crippen LogP contribution >= 0.6 is 0 Å². The zero-order valence-electron chi connectivity index (χ0n) is 10.2. The lowest BCUT2D eigenvalue weighted by Gasteiger charge is -2.33. The Kier molecular flexibility index (Phi) is 3.06.